The van der Waals surface area contributed by atoms with Gasteiger partial charge in [-0.3, -0.25) is 10.1 Å². The molecule has 20 heavy (non-hydrogen) atoms. The Kier molecular flexibility index (Phi) is 4.51. The molecular formula is C14H17ClN2O2S. The van der Waals surface area contributed by atoms with Gasteiger partial charge in [-0.25, -0.2) is 0 Å². The van der Waals surface area contributed by atoms with Crippen LogP contribution in [0.2, 0.25) is 5.02 Å². The van der Waals surface area contributed by atoms with Crippen molar-refractivity contribution in [3.05, 3.63) is 34.9 Å². The van der Waals surface area contributed by atoms with Gasteiger partial charge in [-0.1, -0.05) is 29.8 Å². The minimum absolute atomic E-state index is 0.0509. The van der Waals surface area contributed by atoms with Gasteiger partial charge in [0.25, 0.3) is 0 Å². The van der Waals surface area contributed by atoms with Gasteiger partial charge >= 0.3 is 0 Å². The fourth-order valence-electron chi connectivity index (χ4n) is 2.55. The zero-order valence-electron chi connectivity index (χ0n) is 11.0. The first-order valence-electron chi connectivity index (χ1n) is 6.71. The van der Waals surface area contributed by atoms with Crippen molar-refractivity contribution in [3.8, 4) is 0 Å². The van der Waals surface area contributed by atoms with Crippen molar-refractivity contribution in [2.45, 2.75) is 12.1 Å². The monoisotopic (exact) mass is 312 g/mol. The third-order valence-corrected chi connectivity index (χ3v) is 4.93. The Morgan fingerprint density at radius 1 is 1.45 bits per heavy atom. The predicted molar refractivity (Wildman–Crippen MR) is 81.0 cm³/mol. The molecule has 108 valence electrons. The lowest BCUT2D eigenvalue weighted by Crippen LogP contribution is -2.50. The summed E-state index contributed by atoms with van der Waals surface area (Å²) < 4.78 is 5.78. The maximum absolute atomic E-state index is 12.4. The van der Waals surface area contributed by atoms with Crippen molar-refractivity contribution in [2.75, 3.05) is 31.3 Å². The molecule has 0 aromatic heterocycles. The van der Waals surface area contributed by atoms with E-state index in [1.165, 1.54) is 0 Å². The third-order valence-electron chi connectivity index (χ3n) is 3.64. The van der Waals surface area contributed by atoms with Crippen LogP contribution in [0.5, 0.6) is 0 Å². The van der Waals surface area contributed by atoms with Crippen LogP contribution in [-0.4, -0.2) is 48.2 Å². The first-order chi connectivity index (χ1) is 9.75. The molecule has 0 bridgehead atoms. The summed E-state index contributed by atoms with van der Waals surface area (Å²) in [5.41, 5.74) is 0.959. The highest BCUT2D eigenvalue weighted by Gasteiger charge is 2.32. The molecule has 1 unspecified atom stereocenters. The molecular weight excluding hydrogens is 296 g/mol. The molecule has 6 heteroatoms. The first kappa shape index (κ1) is 14.2. The second-order valence-corrected chi connectivity index (χ2v) is 6.37. The number of hydrogen-bond acceptors (Lipinski definition) is 4. The zero-order chi connectivity index (χ0) is 13.9. The van der Waals surface area contributed by atoms with Gasteiger partial charge < -0.3 is 9.64 Å². The third kappa shape index (κ3) is 2.96. The molecule has 0 aliphatic carbocycles. The van der Waals surface area contributed by atoms with Gasteiger partial charge in [0.1, 0.15) is 6.10 Å². The van der Waals surface area contributed by atoms with E-state index in [1.54, 1.807) is 11.8 Å². The topological polar surface area (TPSA) is 41.6 Å². The number of hydrogen-bond donors (Lipinski definition) is 1. The lowest BCUT2D eigenvalue weighted by molar-refractivity contribution is -0.140. The molecule has 1 aromatic carbocycles. The van der Waals surface area contributed by atoms with E-state index >= 15 is 0 Å². The summed E-state index contributed by atoms with van der Waals surface area (Å²) in [6.45, 7) is 1.79. The van der Waals surface area contributed by atoms with Crippen molar-refractivity contribution >= 4 is 29.3 Å². The second kappa shape index (κ2) is 6.35. The smallest absolute Gasteiger partial charge is 0.240 e. The Balaban J connectivity index is 1.70. The fraction of sp³-hybridized carbons (Fsp3) is 0.500. The van der Waals surface area contributed by atoms with Crippen LogP contribution in [0.1, 0.15) is 11.7 Å². The van der Waals surface area contributed by atoms with Crippen LogP contribution < -0.4 is 5.32 Å². The van der Waals surface area contributed by atoms with E-state index in [2.05, 4.69) is 5.32 Å². The van der Waals surface area contributed by atoms with E-state index in [4.69, 9.17) is 16.3 Å². The Bertz CT molecular complexity index is 494. The highest BCUT2D eigenvalue weighted by atomic mass is 35.5. The molecule has 2 heterocycles. The highest BCUT2D eigenvalue weighted by molar-refractivity contribution is 7.99. The number of ether oxygens (including phenoxy) is 1. The molecule has 1 aromatic rings. The lowest BCUT2D eigenvalue weighted by atomic mass is 10.1. The number of benzene rings is 1. The van der Waals surface area contributed by atoms with Gasteiger partial charge in [0.2, 0.25) is 5.91 Å². The van der Waals surface area contributed by atoms with E-state index in [0.717, 1.165) is 17.2 Å². The lowest BCUT2D eigenvalue weighted by Gasteiger charge is -2.34. The van der Waals surface area contributed by atoms with Gasteiger partial charge in [0, 0.05) is 28.8 Å². The maximum Gasteiger partial charge on any atom is 0.240 e. The number of amides is 1. The average Bonchev–Trinajstić information content (AvgIpc) is 3.01. The van der Waals surface area contributed by atoms with Gasteiger partial charge in [-0.15, -0.1) is 11.8 Å². The normalized spacial score (nSPS) is 26.8. The Hall–Kier alpha value is -0.750. The van der Waals surface area contributed by atoms with Crippen LogP contribution in [0.3, 0.4) is 0 Å². The Labute approximate surface area is 127 Å². The van der Waals surface area contributed by atoms with Crippen LogP contribution in [0.25, 0.3) is 0 Å². The van der Waals surface area contributed by atoms with Crippen LogP contribution in [0, 0.1) is 0 Å². The van der Waals surface area contributed by atoms with Crippen LogP contribution in [0.15, 0.2) is 24.3 Å². The van der Waals surface area contributed by atoms with Crippen molar-refractivity contribution in [3.63, 3.8) is 0 Å². The van der Waals surface area contributed by atoms with Gasteiger partial charge in [0.15, 0.2) is 0 Å². The minimum Gasteiger partial charge on any atom is -0.370 e. The van der Waals surface area contributed by atoms with Crippen molar-refractivity contribution in [1.29, 1.82) is 0 Å². The first-order valence-corrected chi connectivity index (χ1v) is 8.25. The van der Waals surface area contributed by atoms with E-state index in [9.17, 15) is 4.79 Å². The molecule has 4 nitrogen and oxygen atoms in total. The summed E-state index contributed by atoms with van der Waals surface area (Å²) in [6, 6.07) is 7.61. The standard InChI is InChI=1S/C14H17ClN2O2S/c15-11-4-2-1-3-10(11)13-7-17(5-6-19-13)14(18)12-8-20-9-16-12/h1-4,12-13,16H,5-9H2/t12-,13?/m1/s1. The SMILES string of the molecule is O=C([C@H]1CSCN1)N1CCOC(c2ccccc2Cl)C1. The predicted octanol–water partition coefficient (Wildman–Crippen LogP) is 1.90. The summed E-state index contributed by atoms with van der Waals surface area (Å²) in [5, 5.41) is 3.92. The molecule has 3 rings (SSSR count). The summed E-state index contributed by atoms with van der Waals surface area (Å²) in [5.74, 6) is 1.89. The van der Waals surface area contributed by atoms with Gasteiger partial charge in [0.05, 0.1) is 19.2 Å². The van der Waals surface area contributed by atoms with Crippen LogP contribution in [0.4, 0.5) is 0 Å². The molecule has 2 atom stereocenters. The van der Waals surface area contributed by atoms with Crippen LogP contribution in [-0.2, 0) is 9.53 Å². The van der Waals surface area contributed by atoms with E-state index in [1.807, 2.05) is 29.2 Å². The molecule has 2 aliphatic heterocycles. The molecule has 2 fully saturated rings. The van der Waals surface area contributed by atoms with Crippen molar-refractivity contribution in [2.24, 2.45) is 0 Å². The molecule has 2 saturated heterocycles. The van der Waals surface area contributed by atoms with Gasteiger partial charge in [-0.2, -0.15) is 0 Å². The van der Waals surface area contributed by atoms with Crippen molar-refractivity contribution < 1.29 is 9.53 Å². The largest absolute Gasteiger partial charge is 0.370 e. The Morgan fingerprint density at radius 3 is 3.05 bits per heavy atom. The summed E-state index contributed by atoms with van der Waals surface area (Å²) in [7, 11) is 0. The highest BCUT2D eigenvalue weighted by Crippen LogP contribution is 2.28. The Morgan fingerprint density at radius 2 is 2.30 bits per heavy atom. The van der Waals surface area contributed by atoms with E-state index < -0.39 is 0 Å². The average molecular weight is 313 g/mol. The second-order valence-electron chi connectivity index (χ2n) is 4.94. The number of rotatable bonds is 2. The number of nitrogens with one attached hydrogen (secondary N) is 1. The number of nitrogens with zero attached hydrogens (tertiary/aromatic N) is 1. The van der Waals surface area contributed by atoms with Gasteiger partial charge in [-0.05, 0) is 6.07 Å². The fourth-order valence-corrected chi connectivity index (χ4v) is 3.74. The zero-order valence-corrected chi connectivity index (χ0v) is 12.6. The molecule has 1 amide bonds. The van der Waals surface area contributed by atoms with E-state index in [-0.39, 0.29) is 18.1 Å². The van der Waals surface area contributed by atoms with Crippen molar-refractivity contribution in [1.82, 2.24) is 10.2 Å². The number of morpholine rings is 1. The molecule has 0 spiro atoms. The summed E-state index contributed by atoms with van der Waals surface area (Å²) in [4.78, 5) is 14.3. The molecule has 0 radical (unpaired) electrons. The summed E-state index contributed by atoms with van der Waals surface area (Å²) in [6.07, 6.45) is -0.129. The number of carbonyl (C=O) groups excluding carboxylic acids is 1. The molecule has 2 aliphatic rings. The molecule has 0 saturated carbocycles. The number of halogens is 1. The van der Waals surface area contributed by atoms with Crippen LogP contribution >= 0.6 is 23.4 Å². The quantitative estimate of drug-likeness (QED) is 0.905. The molecule has 1 N–H and O–H groups in total. The van der Waals surface area contributed by atoms with E-state index in [0.29, 0.717) is 24.7 Å². The number of thioether (sulfide) groups is 1. The minimum atomic E-state index is -0.129. The number of carbonyl (C=O) groups is 1. The summed E-state index contributed by atoms with van der Waals surface area (Å²) >= 11 is 7.98. The maximum atomic E-state index is 12.4.